The molecule has 3 N–H and O–H groups in total. The molecule has 1 amide bonds. The zero-order chi connectivity index (χ0) is 13.9. The van der Waals surface area contributed by atoms with Gasteiger partial charge in [0.2, 0.25) is 0 Å². The van der Waals surface area contributed by atoms with Crippen molar-refractivity contribution in [3.63, 3.8) is 0 Å². The summed E-state index contributed by atoms with van der Waals surface area (Å²) in [4.78, 5) is 12.3. The monoisotopic (exact) mass is 253 g/mol. The lowest BCUT2D eigenvalue weighted by molar-refractivity contribution is 0.0556. The average molecular weight is 253 g/mol. The summed E-state index contributed by atoms with van der Waals surface area (Å²) in [6, 6.07) is 6.06. The highest BCUT2D eigenvalue weighted by atomic mass is 16.4. The molecular formula is C13H19NO4. The summed E-state index contributed by atoms with van der Waals surface area (Å²) in [5, 5.41) is 28.3. The number of aromatic hydroxyl groups is 1. The fraction of sp³-hybridized carbons (Fsp3) is 0.462. The standard InChI is InChI=1S/C13H19NO4/c1-13(2,3)14(12(17)18)8-11(16)9-4-6-10(15)7-5-9/h4-7,11,15-16H,8H2,1-3H3,(H,17,18)/t11-/m0/s1. The molecule has 1 aromatic rings. The molecule has 0 saturated heterocycles. The van der Waals surface area contributed by atoms with E-state index in [0.29, 0.717) is 5.56 Å². The van der Waals surface area contributed by atoms with Crippen molar-refractivity contribution in [3.8, 4) is 5.75 Å². The van der Waals surface area contributed by atoms with Crippen molar-refractivity contribution in [2.24, 2.45) is 0 Å². The predicted octanol–water partition coefficient (Wildman–Crippen LogP) is 2.20. The van der Waals surface area contributed by atoms with Crippen LogP contribution in [0.15, 0.2) is 24.3 Å². The van der Waals surface area contributed by atoms with Gasteiger partial charge in [0.15, 0.2) is 0 Å². The van der Waals surface area contributed by atoms with E-state index in [-0.39, 0.29) is 12.3 Å². The molecule has 0 spiro atoms. The Morgan fingerprint density at radius 3 is 2.17 bits per heavy atom. The Labute approximate surface area is 106 Å². The van der Waals surface area contributed by atoms with Crippen molar-refractivity contribution in [3.05, 3.63) is 29.8 Å². The van der Waals surface area contributed by atoms with Crippen molar-refractivity contribution in [1.82, 2.24) is 4.90 Å². The van der Waals surface area contributed by atoms with Crippen molar-refractivity contribution < 1.29 is 20.1 Å². The van der Waals surface area contributed by atoms with E-state index in [2.05, 4.69) is 0 Å². The lowest BCUT2D eigenvalue weighted by Crippen LogP contribution is -2.46. The van der Waals surface area contributed by atoms with Gasteiger partial charge in [-0.1, -0.05) is 12.1 Å². The van der Waals surface area contributed by atoms with Crippen LogP contribution in [-0.2, 0) is 0 Å². The van der Waals surface area contributed by atoms with Gasteiger partial charge in [-0.2, -0.15) is 0 Å². The van der Waals surface area contributed by atoms with Crippen LogP contribution in [0.25, 0.3) is 0 Å². The second-order valence-electron chi connectivity index (χ2n) is 5.17. The molecule has 0 heterocycles. The summed E-state index contributed by atoms with van der Waals surface area (Å²) in [6.07, 6.45) is -1.98. The zero-order valence-corrected chi connectivity index (χ0v) is 10.8. The van der Waals surface area contributed by atoms with Crippen LogP contribution in [0.4, 0.5) is 4.79 Å². The molecule has 0 bridgehead atoms. The maximum absolute atomic E-state index is 11.1. The number of aliphatic hydroxyl groups is 1. The zero-order valence-electron chi connectivity index (χ0n) is 10.8. The maximum atomic E-state index is 11.1. The molecule has 0 aromatic heterocycles. The van der Waals surface area contributed by atoms with Gasteiger partial charge in [-0.05, 0) is 38.5 Å². The van der Waals surface area contributed by atoms with Crippen LogP contribution in [-0.4, -0.2) is 38.4 Å². The van der Waals surface area contributed by atoms with Crippen molar-refractivity contribution in [2.75, 3.05) is 6.54 Å². The molecule has 0 aliphatic carbocycles. The predicted molar refractivity (Wildman–Crippen MR) is 67.6 cm³/mol. The Morgan fingerprint density at radius 2 is 1.78 bits per heavy atom. The van der Waals surface area contributed by atoms with Gasteiger partial charge in [-0.25, -0.2) is 4.79 Å². The number of β-amino-alcohol motifs (C(OH)–C–C–N with tert-alkyl or cyclic N) is 1. The van der Waals surface area contributed by atoms with Crippen LogP contribution in [0, 0.1) is 0 Å². The number of phenolic OH excluding ortho intramolecular Hbond substituents is 1. The summed E-state index contributed by atoms with van der Waals surface area (Å²) in [7, 11) is 0. The Hall–Kier alpha value is -1.75. The third-order valence-electron chi connectivity index (χ3n) is 2.67. The molecule has 1 atom stereocenters. The van der Waals surface area contributed by atoms with Crippen molar-refractivity contribution >= 4 is 6.09 Å². The minimum Gasteiger partial charge on any atom is -0.508 e. The lowest BCUT2D eigenvalue weighted by atomic mass is 10.0. The quantitative estimate of drug-likeness (QED) is 0.771. The van der Waals surface area contributed by atoms with Gasteiger partial charge in [0.1, 0.15) is 5.75 Å². The summed E-state index contributed by atoms with van der Waals surface area (Å²) in [6.45, 7) is 5.30. The van der Waals surface area contributed by atoms with Crippen LogP contribution in [0.3, 0.4) is 0 Å². The number of aliphatic hydroxyl groups excluding tert-OH is 1. The van der Waals surface area contributed by atoms with Crippen LogP contribution >= 0.6 is 0 Å². The third kappa shape index (κ3) is 3.63. The van der Waals surface area contributed by atoms with E-state index in [9.17, 15) is 9.90 Å². The first-order chi connectivity index (χ1) is 8.21. The molecule has 0 aliphatic rings. The first kappa shape index (κ1) is 14.3. The molecule has 100 valence electrons. The summed E-state index contributed by atoms with van der Waals surface area (Å²) >= 11 is 0. The second-order valence-corrected chi connectivity index (χ2v) is 5.17. The van der Waals surface area contributed by atoms with Crippen LogP contribution in [0.2, 0.25) is 0 Å². The Bertz CT molecular complexity index is 408. The van der Waals surface area contributed by atoms with Gasteiger partial charge in [0, 0.05) is 5.54 Å². The van der Waals surface area contributed by atoms with E-state index in [1.165, 1.54) is 17.0 Å². The third-order valence-corrected chi connectivity index (χ3v) is 2.67. The number of hydrogen-bond donors (Lipinski definition) is 3. The molecule has 0 saturated carbocycles. The van der Waals surface area contributed by atoms with Crippen LogP contribution in [0.1, 0.15) is 32.4 Å². The Balaban J connectivity index is 2.82. The number of rotatable bonds is 3. The largest absolute Gasteiger partial charge is 0.508 e. The Kier molecular flexibility index (Phi) is 4.19. The highest BCUT2D eigenvalue weighted by Crippen LogP contribution is 2.21. The topological polar surface area (TPSA) is 81.0 Å². The minimum atomic E-state index is -1.07. The number of carbonyl (C=O) groups is 1. The van der Waals surface area contributed by atoms with E-state index in [0.717, 1.165) is 0 Å². The highest BCUT2D eigenvalue weighted by molar-refractivity contribution is 5.66. The lowest BCUT2D eigenvalue weighted by Gasteiger charge is -2.34. The molecule has 5 heteroatoms. The number of benzene rings is 1. The minimum absolute atomic E-state index is 0.0103. The summed E-state index contributed by atoms with van der Waals surface area (Å²) in [5.41, 5.74) is -0.00713. The normalized spacial score (nSPS) is 13.1. The number of carboxylic acid groups (broad SMARTS) is 1. The maximum Gasteiger partial charge on any atom is 0.407 e. The highest BCUT2D eigenvalue weighted by Gasteiger charge is 2.28. The van der Waals surface area contributed by atoms with Gasteiger partial charge >= 0.3 is 6.09 Å². The number of hydrogen-bond acceptors (Lipinski definition) is 3. The number of nitrogens with zero attached hydrogens (tertiary/aromatic N) is 1. The van der Waals surface area contributed by atoms with Gasteiger partial charge in [0.25, 0.3) is 0 Å². The first-order valence-corrected chi connectivity index (χ1v) is 5.69. The van der Waals surface area contributed by atoms with E-state index in [1.54, 1.807) is 32.9 Å². The average Bonchev–Trinajstić information content (AvgIpc) is 2.24. The fourth-order valence-corrected chi connectivity index (χ4v) is 1.61. The van der Waals surface area contributed by atoms with Gasteiger partial charge < -0.3 is 20.2 Å². The number of phenols is 1. The molecule has 18 heavy (non-hydrogen) atoms. The fourth-order valence-electron chi connectivity index (χ4n) is 1.61. The van der Waals surface area contributed by atoms with E-state index < -0.39 is 17.7 Å². The van der Waals surface area contributed by atoms with E-state index in [1.807, 2.05) is 0 Å². The second kappa shape index (κ2) is 5.27. The summed E-state index contributed by atoms with van der Waals surface area (Å²) < 4.78 is 0. The van der Waals surface area contributed by atoms with E-state index in [4.69, 9.17) is 10.2 Å². The van der Waals surface area contributed by atoms with Crippen molar-refractivity contribution in [1.29, 1.82) is 0 Å². The van der Waals surface area contributed by atoms with Gasteiger partial charge in [-0.3, -0.25) is 0 Å². The first-order valence-electron chi connectivity index (χ1n) is 5.69. The molecule has 1 aromatic carbocycles. The SMILES string of the molecule is CC(C)(C)N(C[C@H](O)c1ccc(O)cc1)C(=O)O. The van der Waals surface area contributed by atoms with Crippen molar-refractivity contribution in [2.45, 2.75) is 32.4 Å². The number of amides is 1. The molecule has 1 rings (SSSR count). The van der Waals surface area contributed by atoms with Crippen LogP contribution in [0.5, 0.6) is 5.75 Å². The van der Waals surface area contributed by atoms with Crippen LogP contribution < -0.4 is 0 Å². The molecule has 0 radical (unpaired) electrons. The molecule has 5 nitrogen and oxygen atoms in total. The molecule has 0 fully saturated rings. The smallest absolute Gasteiger partial charge is 0.407 e. The van der Waals surface area contributed by atoms with E-state index >= 15 is 0 Å². The molecule has 0 unspecified atom stereocenters. The Morgan fingerprint density at radius 1 is 1.28 bits per heavy atom. The molecular weight excluding hydrogens is 234 g/mol. The van der Waals surface area contributed by atoms with Gasteiger partial charge in [-0.15, -0.1) is 0 Å². The van der Waals surface area contributed by atoms with Gasteiger partial charge in [0.05, 0.1) is 12.6 Å². The summed E-state index contributed by atoms with van der Waals surface area (Å²) in [5.74, 6) is 0.108. The molecule has 0 aliphatic heterocycles.